The minimum absolute atomic E-state index is 0.690. The summed E-state index contributed by atoms with van der Waals surface area (Å²) >= 11 is 4.45. The van der Waals surface area contributed by atoms with Crippen molar-refractivity contribution >= 4 is 28.2 Å². The van der Waals surface area contributed by atoms with Crippen molar-refractivity contribution < 1.29 is 4.21 Å². The molecule has 0 amide bonds. The van der Waals surface area contributed by atoms with Crippen LogP contribution in [0.5, 0.6) is 0 Å². The second kappa shape index (κ2) is 7.46. The lowest BCUT2D eigenvalue weighted by Crippen LogP contribution is -1.98. The second-order valence-corrected chi connectivity index (χ2v) is 4.80. The van der Waals surface area contributed by atoms with Crippen LogP contribution in [0.3, 0.4) is 0 Å². The van der Waals surface area contributed by atoms with E-state index in [1.807, 2.05) is 30.3 Å². The number of unbranched alkanes of at least 4 members (excludes halogenated alkanes) is 1. The lowest BCUT2D eigenvalue weighted by atomic mass is 10.3. The maximum Gasteiger partial charge on any atom is 0.0584 e. The standard InChI is InChI=1S/C11H13NOS2/c13-15(9-5-4-8-12-10-14)11-6-2-1-3-7-11/h1-3,6-7H,4-5,8-9H2/t15-/m0/s1. The van der Waals surface area contributed by atoms with Crippen LogP contribution < -0.4 is 0 Å². The molecule has 80 valence electrons. The molecule has 0 spiro atoms. The molecule has 1 aromatic rings. The molecule has 15 heavy (non-hydrogen) atoms. The van der Waals surface area contributed by atoms with Gasteiger partial charge >= 0.3 is 0 Å². The van der Waals surface area contributed by atoms with E-state index >= 15 is 0 Å². The summed E-state index contributed by atoms with van der Waals surface area (Å²) < 4.78 is 11.7. The summed E-state index contributed by atoms with van der Waals surface area (Å²) in [5.41, 5.74) is 0. The molecule has 0 fully saturated rings. The van der Waals surface area contributed by atoms with Gasteiger partial charge in [0, 0.05) is 17.2 Å². The number of hydrogen-bond acceptors (Lipinski definition) is 3. The summed E-state index contributed by atoms with van der Waals surface area (Å²) in [6.45, 7) is 0.690. The fourth-order valence-corrected chi connectivity index (χ4v) is 2.41. The first-order valence-corrected chi connectivity index (χ1v) is 6.54. The van der Waals surface area contributed by atoms with Gasteiger partial charge in [-0.15, -0.1) is 0 Å². The lowest BCUT2D eigenvalue weighted by molar-refractivity contribution is 0.678. The van der Waals surface area contributed by atoms with E-state index in [0.717, 1.165) is 17.7 Å². The average molecular weight is 239 g/mol. The molecular formula is C11H13NOS2. The van der Waals surface area contributed by atoms with E-state index in [4.69, 9.17) is 0 Å². The van der Waals surface area contributed by atoms with Gasteiger partial charge in [-0.05, 0) is 37.2 Å². The van der Waals surface area contributed by atoms with Crippen molar-refractivity contribution in [3.05, 3.63) is 30.3 Å². The number of isothiocyanates is 1. The summed E-state index contributed by atoms with van der Waals surface area (Å²) in [5.74, 6) is 0.691. The quantitative estimate of drug-likeness (QED) is 0.434. The number of thiocarbonyl (C=S) groups is 1. The highest BCUT2D eigenvalue weighted by Crippen LogP contribution is 2.07. The van der Waals surface area contributed by atoms with Crippen LogP contribution in [0.1, 0.15) is 12.8 Å². The van der Waals surface area contributed by atoms with Crippen molar-refractivity contribution in [2.75, 3.05) is 12.3 Å². The smallest absolute Gasteiger partial charge is 0.0584 e. The predicted octanol–water partition coefficient (Wildman–Crippen LogP) is 2.68. The maximum absolute atomic E-state index is 11.7. The van der Waals surface area contributed by atoms with Crippen molar-refractivity contribution in [1.29, 1.82) is 0 Å². The number of nitrogens with zero attached hydrogens (tertiary/aromatic N) is 1. The Morgan fingerprint density at radius 1 is 1.27 bits per heavy atom. The molecule has 2 nitrogen and oxygen atoms in total. The van der Waals surface area contributed by atoms with Gasteiger partial charge in [0.2, 0.25) is 0 Å². The van der Waals surface area contributed by atoms with Crippen LogP contribution in [0.2, 0.25) is 0 Å². The molecule has 0 bridgehead atoms. The molecule has 0 aromatic heterocycles. The predicted molar refractivity (Wildman–Crippen MR) is 66.8 cm³/mol. The summed E-state index contributed by atoms with van der Waals surface area (Å²) in [7, 11) is -0.877. The zero-order valence-electron chi connectivity index (χ0n) is 8.39. The topological polar surface area (TPSA) is 29.4 Å². The molecule has 0 heterocycles. The Labute approximate surface area is 97.9 Å². The van der Waals surface area contributed by atoms with Gasteiger partial charge in [0.15, 0.2) is 0 Å². The van der Waals surface area contributed by atoms with Crippen LogP contribution in [0.25, 0.3) is 0 Å². The molecule has 4 heteroatoms. The molecule has 0 unspecified atom stereocenters. The summed E-state index contributed by atoms with van der Waals surface area (Å²) in [6, 6.07) is 9.53. The minimum Gasteiger partial charge on any atom is -0.254 e. The van der Waals surface area contributed by atoms with Gasteiger partial charge in [0.1, 0.15) is 0 Å². The van der Waals surface area contributed by atoms with Crippen molar-refractivity contribution in [3.8, 4) is 0 Å². The van der Waals surface area contributed by atoms with Crippen LogP contribution in [0, 0.1) is 0 Å². The average Bonchev–Trinajstić information content (AvgIpc) is 2.30. The molecule has 0 saturated carbocycles. The van der Waals surface area contributed by atoms with Gasteiger partial charge < -0.3 is 0 Å². The van der Waals surface area contributed by atoms with Crippen LogP contribution in [-0.4, -0.2) is 21.7 Å². The zero-order valence-corrected chi connectivity index (χ0v) is 10.0. The van der Waals surface area contributed by atoms with E-state index < -0.39 is 10.8 Å². The highest BCUT2D eigenvalue weighted by atomic mass is 32.2. The first-order valence-electron chi connectivity index (χ1n) is 4.81. The Morgan fingerprint density at radius 2 is 2.00 bits per heavy atom. The molecule has 0 saturated heterocycles. The SMILES string of the molecule is O=[S@@](CCCCN=C=S)c1ccccc1. The van der Waals surface area contributed by atoms with Crippen LogP contribution in [0.15, 0.2) is 40.2 Å². The van der Waals surface area contributed by atoms with Gasteiger partial charge in [0.05, 0.1) is 16.0 Å². The fourth-order valence-electron chi connectivity index (χ4n) is 1.16. The van der Waals surface area contributed by atoms with Crippen molar-refractivity contribution in [2.45, 2.75) is 17.7 Å². The minimum atomic E-state index is -0.877. The molecule has 0 aliphatic heterocycles. The third-order valence-corrected chi connectivity index (χ3v) is 3.51. The van der Waals surface area contributed by atoms with Gasteiger partial charge in [-0.2, -0.15) is 0 Å². The molecular weight excluding hydrogens is 226 g/mol. The molecule has 1 atom stereocenters. The third-order valence-electron chi connectivity index (χ3n) is 1.92. The van der Waals surface area contributed by atoms with E-state index in [1.54, 1.807) is 0 Å². The Bertz CT molecular complexity index is 358. The van der Waals surface area contributed by atoms with Gasteiger partial charge in [-0.1, -0.05) is 18.2 Å². The third kappa shape index (κ3) is 4.98. The largest absolute Gasteiger partial charge is 0.254 e. The maximum atomic E-state index is 11.7. The van der Waals surface area contributed by atoms with Crippen molar-refractivity contribution in [1.82, 2.24) is 0 Å². The van der Waals surface area contributed by atoms with E-state index in [-0.39, 0.29) is 0 Å². The highest BCUT2D eigenvalue weighted by Gasteiger charge is 2.01. The zero-order chi connectivity index (χ0) is 10.9. The van der Waals surface area contributed by atoms with E-state index in [1.165, 1.54) is 0 Å². The van der Waals surface area contributed by atoms with Crippen molar-refractivity contribution in [2.24, 2.45) is 4.99 Å². The van der Waals surface area contributed by atoms with Crippen LogP contribution >= 0.6 is 12.2 Å². The Morgan fingerprint density at radius 3 is 2.67 bits per heavy atom. The number of rotatable bonds is 6. The van der Waals surface area contributed by atoms with E-state index in [2.05, 4.69) is 22.4 Å². The summed E-state index contributed by atoms with van der Waals surface area (Å²) in [5, 5.41) is 2.32. The first-order chi connectivity index (χ1) is 7.34. The number of aliphatic imine (C=N–C) groups is 1. The molecule has 0 radical (unpaired) electrons. The Balaban J connectivity index is 2.28. The van der Waals surface area contributed by atoms with Gasteiger partial charge in [-0.3, -0.25) is 4.21 Å². The van der Waals surface area contributed by atoms with E-state index in [0.29, 0.717) is 12.3 Å². The fraction of sp³-hybridized carbons (Fsp3) is 0.364. The monoisotopic (exact) mass is 239 g/mol. The van der Waals surface area contributed by atoms with Crippen molar-refractivity contribution in [3.63, 3.8) is 0 Å². The van der Waals surface area contributed by atoms with Crippen LogP contribution in [0.4, 0.5) is 0 Å². The van der Waals surface area contributed by atoms with Gasteiger partial charge in [-0.25, -0.2) is 4.99 Å². The summed E-state index contributed by atoms with van der Waals surface area (Å²) in [6.07, 6.45) is 1.82. The van der Waals surface area contributed by atoms with Gasteiger partial charge in [0.25, 0.3) is 0 Å². The second-order valence-electron chi connectivity index (χ2n) is 3.04. The molecule has 1 aromatic carbocycles. The lowest BCUT2D eigenvalue weighted by Gasteiger charge is -2.00. The molecule has 1 rings (SSSR count). The van der Waals surface area contributed by atoms with Crippen LogP contribution in [-0.2, 0) is 10.8 Å². The molecule has 0 aliphatic carbocycles. The van der Waals surface area contributed by atoms with E-state index in [9.17, 15) is 4.21 Å². The number of benzene rings is 1. The Kier molecular flexibility index (Phi) is 6.09. The normalized spacial score (nSPS) is 11.7. The Hall–Kier alpha value is -0.830. The molecule has 0 aliphatic rings. The first kappa shape index (κ1) is 12.2. The number of hydrogen-bond donors (Lipinski definition) is 0. The molecule has 0 N–H and O–H groups in total. The summed E-state index contributed by atoms with van der Waals surface area (Å²) in [4.78, 5) is 4.71. The highest BCUT2D eigenvalue weighted by molar-refractivity contribution is 7.85.